The number of rotatable bonds is 3. The maximum absolute atomic E-state index is 12.2. The van der Waals surface area contributed by atoms with Crippen molar-refractivity contribution in [3.05, 3.63) is 23.8 Å². The predicted molar refractivity (Wildman–Crippen MR) is 95.1 cm³/mol. The average molecular weight is 334 g/mol. The number of thioether (sulfide) groups is 1. The number of carbonyl (C=O) groups excluding carboxylic acids is 1. The van der Waals surface area contributed by atoms with Crippen molar-refractivity contribution in [2.24, 2.45) is 0 Å². The van der Waals surface area contributed by atoms with Crippen molar-refractivity contribution in [1.29, 1.82) is 0 Å². The van der Waals surface area contributed by atoms with Crippen molar-refractivity contribution < 1.29 is 9.90 Å². The number of aryl methyl sites for hydroxylation is 1. The van der Waals surface area contributed by atoms with Crippen LogP contribution in [-0.4, -0.2) is 40.5 Å². The molecule has 1 aromatic carbocycles. The van der Waals surface area contributed by atoms with Crippen molar-refractivity contribution in [1.82, 2.24) is 4.90 Å². The van der Waals surface area contributed by atoms with E-state index in [4.69, 9.17) is 0 Å². The third kappa shape index (κ3) is 4.42. The highest BCUT2D eigenvalue weighted by Crippen LogP contribution is 2.35. The lowest BCUT2D eigenvalue weighted by Gasteiger charge is -2.21. The number of hydrogen-bond donors (Lipinski definition) is 2. The fourth-order valence-corrected chi connectivity index (χ4v) is 4.69. The molecule has 2 N–H and O–H groups in total. The van der Waals surface area contributed by atoms with Crippen LogP contribution in [-0.2, 0) is 0 Å². The molecule has 2 amide bonds. The molecule has 0 bridgehead atoms. The Balaban J connectivity index is 1.59. The molecule has 2 aliphatic rings. The van der Waals surface area contributed by atoms with Gasteiger partial charge in [0.1, 0.15) is 0 Å². The van der Waals surface area contributed by atoms with Crippen LogP contribution < -0.4 is 5.32 Å². The molecule has 3 rings (SSSR count). The number of aliphatic hydroxyl groups is 1. The summed E-state index contributed by atoms with van der Waals surface area (Å²) < 4.78 is 0. The average Bonchev–Trinajstić information content (AvgIpc) is 2.98. The van der Waals surface area contributed by atoms with Gasteiger partial charge in [-0.3, -0.25) is 0 Å². The second kappa shape index (κ2) is 7.58. The second-order valence-electron chi connectivity index (χ2n) is 6.67. The minimum absolute atomic E-state index is 0.114. The summed E-state index contributed by atoms with van der Waals surface area (Å²) in [7, 11) is 0. The molecule has 23 heavy (non-hydrogen) atoms. The van der Waals surface area contributed by atoms with Gasteiger partial charge in [0.15, 0.2) is 0 Å². The molecule has 2 fully saturated rings. The van der Waals surface area contributed by atoms with Gasteiger partial charge in [-0.1, -0.05) is 19.3 Å². The van der Waals surface area contributed by atoms with Gasteiger partial charge in [0.05, 0.1) is 6.10 Å². The zero-order valence-corrected chi connectivity index (χ0v) is 14.6. The van der Waals surface area contributed by atoms with E-state index in [9.17, 15) is 9.90 Å². The molecule has 1 aliphatic carbocycles. The van der Waals surface area contributed by atoms with Crippen LogP contribution >= 0.6 is 11.8 Å². The second-order valence-corrected chi connectivity index (χ2v) is 8.05. The molecule has 1 heterocycles. The van der Waals surface area contributed by atoms with Gasteiger partial charge in [-0.15, -0.1) is 11.8 Å². The zero-order chi connectivity index (χ0) is 16.2. The maximum Gasteiger partial charge on any atom is 0.321 e. The van der Waals surface area contributed by atoms with E-state index in [1.165, 1.54) is 37.0 Å². The molecule has 4 nitrogen and oxygen atoms in total. The third-order valence-electron chi connectivity index (χ3n) is 4.75. The van der Waals surface area contributed by atoms with Crippen LogP contribution in [0.5, 0.6) is 0 Å². The highest BCUT2D eigenvalue weighted by Gasteiger charge is 2.24. The van der Waals surface area contributed by atoms with Crippen LogP contribution in [0, 0.1) is 6.92 Å². The van der Waals surface area contributed by atoms with E-state index in [2.05, 4.69) is 17.4 Å². The Hall–Kier alpha value is -1.20. The van der Waals surface area contributed by atoms with Gasteiger partial charge in [-0.2, -0.15) is 0 Å². The van der Waals surface area contributed by atoms with Crippen LogP contribution in [0.15, 0.2) is 23.1 Å². The van der Waals surface area contributed by atoms with Crippen molar-refractivity contribution in [3.63, 3.8) is 0 Å². The van der Waals surface area contributed by atoms with E-state index in [1.807, 2.05) is 24.8 Å². The number of carbonyl (C=O) groups is 1. The van der Waals surface area contributed by atoms with E-state index >= 15 is 0 Å². The van der Waals surface area contributed by atoms with Gasteiger partial charge in [-0.05, 0) is 49.9 Å². The van der Waals surface area contributed by atoms with Crippen LogP contribution in [0.2, 0.25) is 0 Å². The molecule has 1 aromatic rings. The number of anilines is 1. The standard InChI is InChI=1S/C18H26N2O2S/c1-13-11-16(23-15-5-3-2-4-6-15)7-8-17(13)19-18(22)20-10-9-14(21)12-20/h7-8,11,14-15,21H,2-6,9-10,12H2,1H3,(H,19,22)/t14-/m1/s1. The molecule has 0 aromatic heterocycles. The predicted octanol–water partition coefficient (Wildman–Crippen LogP) is 4.02. The van der Waals surface area contributed by atoms with E-state index in [1.54, 1.807) is 4.90 Å². The first kappa shape index (κ1) is 16.7. The molecule has 1 aliphatic heterocycles. The maximum atomic E-state index is 12.2. The van der Waals surface area contributed by atoms with Crippen molar-refractivity contribution >= 4 is 23.5 Å². The number of nitrogens with zero attached hydrogens (tertiary/aromatic N) is 1. The summed E-state index contributed by atoms with van der Waals surface area (Å²) in [6.45, 7) is 3.10. The van der Waals surface area contributed by atoms with Gasteiger partial charge in [-0.25, -0.2) is 4.79 Å². The van der Waals surface area contributed by atoms with E-state index in [0.717, 1.165) is 16.5 Å². The van der Waals surface area contributed by atoms with Crippen LogP contribution in [0.25, 0.3) is 0 Å². The monoisotopic (exact) mass is 334 g/mol. The molecule has 5 heteroatoms. The molecule has 1 atom stereocenters. The smallest absolute Gasteiger partial charge is 0.321 e. The largest absolute Gasteiger partial charge is 0.391 e. The van der Waals surface area contributed by atoms with E-state index in [0.29, 0.717) is 19.5 Å². The highest BCUT2D eigenvalue weighted by molar-refractivity contribution is 8.00. The first-order valence-electron chi connectivity index (χ1n) is 8.63. The summed E-state index contributed by atoms with van der Waals surface area (Å²) >= 11 is 1.98. The highest BCUT2D eigenvalue weighted by atomic mass is 32.2. The van der Waals surface area contributed by atoms with Crippen LogP contribution in [0.3, 0.4) is 0 Å². The molecule has 0 radical (unpaired) electrons. The molecule has 1 saturated heterocycles. The van der Waals surface area contributed by atoms with Gasteiger partial charge in [0.25, 0.3) is 0 Å². The number of β-amino-alcohol motifs (C(OH)–C–C–N with tert-alkyl or cyclic N) is 1. The van der Waals surface area contributed by atoms with Gasteiger partial charge >= 0.3 is 6.03 Å². The van der Waals surface area contributed by atoms with Crippen LogP contribution in [0.4, 0.5) is 10.5 Å². The Morgan fingerprint density at radius 1 is 1.26 bits per heavy atom. The summed E-state index contributed by atoms with van der Waals surface area (Å²) in [6.07, 6.45) is 7.02. The summed E-state index contributed by atoms with van der Waals surface area (Å²) in [5.41, 5.74) is 1.96. The van der Waals surface area contributed by atoms with Gasteiger partial charge < -0.3 is 15.3 Å². The summed E-state index contributed by atoms with van der Waals surface area (Å²) in [5, 5.41) is 13.3. The lowest BCUT2D eigenvalue weighted by Crippen LogP contribution is -2.33. The fraction of sp³-hybridized carbons (Fsp3) is 0.611. The number of likely N-dealkylation sites (tertiary alicyclic amines) is 1. The number of aliphatic hydroxyl groups excluding tert-OH is 1. The topological polar surface area (TPSA) is 52.6 Å². The molecule has 126 valence electrons. The quantitative estimate of drug-likeness (QED) is 0.878. The van der Waals surface area contributed by atoms with E-state index in [-0.39, 0.29) is 12.1 Å². The van der Waals surface area contributed by atoms with Crippen molar-refractivity contribution in [3.8, 4) is 0 Å². The minimum atomic E-state index is -0.379. The van der Waals surface area contributed by atoms with Crippen LogP contribution in [0.1, 0.15) is 44.1 Å². The summed E-state index contributed by atoms with van der Waals surface area (Å²) in [5.74, 6) is 0. The number of urea groups is 1. The normalized spacial score (nSPS) is 22.3. The lowest BCUT2D eigenvalue weighted by molar-refractivity contribution is 0.176. The first-order valence-corrected chi connectivity index (χ1v) is 9.51. The number of nitrogens with one attached hydrogen (secondary N) is 1. The summed E-state index contributed by atoms with van der Waals surface area (Å²) in [6, 6.07) is 6.18. The Kier molecular flexibility index (Phi) is 5.49. The Bertz CT molecular complexity index is 558. The third-order valence-corrected chi connectivity index (χ3v) is 6.08. The lowest BCUT2D eigenvalue weighted by atomic mass is 10.0. The van der Waals surface area contributed by atoms with Gasteiger partial charge in [0.2, 0.25) is 0 Å². The Morgan fingerprint density at radius 3 is 2.70 bits per heavy atom. The van der Waals surface area contributed by atoms with E-state index < -0.39 is 0 Å². The summed E-state index contributed by atoms with van der Waals surface area (Å²) in [4.78, 5) is 15.2. The molecule has 0 unspecified atom stereocenters. The molecule has 0 spiro atoms. The first-order chi connectivity index (χ1) is 11.1. The number of amides is 2. The number of hydrogen-bond acceptors (Lipinski definition) is 3. The minimum Gasteiger partial charge on any atom is -0.391 e. The Labute approximate surface area is 142 Å². The Morgan fingerprint density at radius 2 is 2.04 bits per heavy atom. The number of benzene rings is 1. The molecule has 1 saturated carbocycles. The van der Waals surface area contributed by atoms with Gasteiger partial charge in [0, 0.05) is 28.9 Å². The SMILES string of the molecule is Cc1cc(SC2CCCCC2)ccc1NC(=O)N1CC[C@@H](O)C1. The zero-order valence-electron chi connectivity index (χ0n) is 13.8. The molecular weight excluding hydrogens is 308 g/mol. The van der Waals surface area contributed by atoms with Crippen molar-refractivity contribution in [2.45, 2.75) is 61.7 Å². The fourth-order valence-electron chi connectivity index (χ4n) is 3.35. The molecular formula is C18H26N2O2S. The van der Waals surface area contributed by atoms with Crippen molar-refractivity contribution in [2.75, 3.05) is 18.4 Å².